The second kappa shape index (κ2) is 10.1. The molecule has 5 rings (SSSR count). The molecule has 1 N–H and O–H groups in total. The molecule has 0 radical (unpaired) electrons. The number of nitrogens with one attached hydrogen (secondary N) is 1. The predicted molar refractivity (Wildman–Crippen MR) is 136 cm³/mol. The molecule has 2 heterocycles. The third kappa shape index (κ3) is 5.09. The highest BCUT2D eigenvalue weighted by Crippen LogP contribution is 2.31. The Labute approximate surface area is 205 Å². The fourth-order valence-corrected chi connectivity index (χ4v) is 4.38. The van der Waals surface area contributed by atoms with E-state index in [1.165, 1.54) is 5.56 Å². The van der Waals surface area contributed by atoms with Gasteiger partial charge in [0.2, 0.25) is 0 Å². The van der Waals surface area contributed by atoms with Crippen molar-refractivity contribution in [1.82, 2.24) is 4.90 Å². The third-order valence-corrected chi connectivity index (χ3v) is 6.47. The third-order valence-electron chi connectivity index (χ3n) is 6.47. The van der Waals surface area contributed by atoms with Crippen molar-refractivity contribution >= 4 is 23.2 Å². The first-order chi connectivity index (χ1) is 17.1. The zero-order chi connectivity index (χ0) is 24.2. The summed E-state index contributed by atoms with van der Waals surface area (Å²) in [5.74, 6) is 1.14. The number of aryl methyl sites for hydroxylation is 1. The number of rotatable bonds is 5. The Balaban J connectivity index is 1.16. The number of amides is 2. The van der Waals surface area contributed by atoms with Crippen LogP contribution >= 0.6 is 0 Å². The molecule has 1 fully saturated rings. The van der Waals surface area contributed by atoms with E-state index in [4.69, 9.17) is 9.47 Å². The van der Waals surface area contributed by atoms with E-state index in [-0.39, 0.29) is 11.8 Å². The van der Waals surface area contributed by atoms with E-state index in [0.29, 0.717) is 43.4 Å². The summed E-state index contributed by atoms with van der Waals surface area (Å²) in [6, 6.07) is 20.9. The maximum atomic E-state index is 12.8. The number of fused-ring (bicyclic) bond motifs is 1. The van der Waals surface area contributed by atoms with Crippen molar-refractivity contribution in [3.8, 4) is 11.5 Å². The van der Waals surface area contributed by atoms with Gasteiger partial charge in [0.15, 0.2) is 11.5 Å². The zero-order valence-corrected chi connectivity index (χ0v) is 19.8. The second-order valence-corrected chi connectivity index (χ2v) is 8.69. The Morgan fingerprint density at radius 1 is 0.800 bits per heavy atom. The molecule has 1 saturated heterocycles. The predicted octanol–water partition coefficient (Wildman–Crippen LogP) is 4.23. The lowest BCUT2D eigenvalue weighted by Crippen LogP contribution is -2.48. The van der Waals surface area contributed by atoms with Crippen LogP contribution in [0, 0.1) is 0 Å². The van der Waals surface area contributed by atoms with Gasteiger partial charge < -0.3 is 24.6 Å². The SMILES string of the molecule is CCc1ccc(C(=O)N2CCN(c3ccc(NC(=O)c4ccc5c(c4)OCCO5)cc3)CC2)cc1. The fourth-order valence-electron chi connectivity index (χ4n) is 4.38. The van der Waals surface area contributed by atoms with Gasteiger partial charge in [0, 0.05) is 48.7 Å². The molecule has 7 nitrogen and oxygen atoms in total. The smallest absolute Gasteiger partial charge is 0.255 e. The van der Waals surface area contributed by atoms with Gasteiger partial charge in [-0.3, -0.25) is 9.59 Å². The summed E-state index contributed by atoms with van der Waals surface area (Å²) in [6.07, 6.45) is 0.966. The molecule has 7 heteroatoms. The number of benzene rings is 3. The van der Waals surface area contributed by atoms with Gasteiger partial charge in [-0.25, -0.2) is 0 Å². The van der Waals surface area contributed by atoms with Crippen LogP contribution in [0.4, 0.5) is 11.4 Å². The highest BCUT2D eigenvalue weighted by molar-refractivity contribution is 6.04. The summed E-state index contributed by atoms with van der Waals surface area (Å²) >= 11 is 0. The van der Waals surface area contributed by atoms with Crippen LogP contribution in [0.1, 0.15) is 33.2 Å². The first kappa shape index (κ1) is 22.8. The van der Waals surface area contributed by atoms with Gasteiger partial charge in [0.25, 0.3) is 11.8 Å². The Bertz CT molecular complexity index is 1200. The van der Waals surface area contributed by atoms with Crippen LogP contribution in [-0.2, 0) is 6.42 Å². The number of nitrogens with zero attached hydrogens (tertiary/aromatic N) is 2. The fraction of sp³-hybridized carbons (Fsp3) is 0.286. The van der Waals surface area contributed by atoms with Gasteiger partial charge in [0.05, 0.1) is 0 Å². The van der Waals surface area contributed by atoms with E-state index in [9.17, 15) is 9.59 Å². The molecule has 2 aliphatic rings. The number of carbonyl (C=O) groups excluding carboxylic acids is 2. The minimum atomic E-state index is -0.200. The first-order valence-corrected chi connectivity index (χ1v) is 12.0. The summed E-state index contributed by atoms with van der Waals surface area (Å²) in [7, 11) is 0. The van der Waals surface area contributed by atoms with Gasteiger partial charge in [-0.1, -0.05) is 19.1 Å². The van der Waals surface area contributed by atoms with Crippen molar-refractivity contribution < 1.29 is 19.1 Å². The molecule has 2 amide bonds. The minimum absolute atomic E-state index is 0.0875. The summed E-state index contributed by atoms with van der Waals surface area (Å²) < 4.78 is 11.1. The lowest BCUT2D eigenvalue weighted by atomic mass is 10.1. The minimum Gasteiger partial charge on any atom is -0.486 e. The average molecular weight is 472 g/mol. The van der Waals surface area contributed by atoms with Gasteiger partial charge in [-0.2, -0.15) is 0 Å². The summed E-state index contributed by atoms with van der Waals surface area (Å²) in [6.45, 7) is 5.99. The highest BCUT2D eigenvalue weighted by Gasteiger charge is 2.22. The Morgan fingerprint density at radius 2 is 1.46 bits per heavy atom. The Hall–Kier alpha value is -4.00. The van der Waals surface area contributed by atoms with E-state index in [1.54, 1.807) is 18.2 Å². The summed E-state index contributed by atoms with van der Waals surface area (Å²) in [5, 5.41) is 2.94. The molecule has 0 spiro atoms. The van der Waals surface area contributed by atoms with Crippen molar-refractivity contribution in [2.24, 2.45) is 0 Å². The quantitative estimate of drug-likeness (QED) is 0.603. The van der Waals surface area contributed by atoms with E-state index >= 15 is 0 Å². The normalized spacial score (nSPS) is 15.0. The molecular weight excluding hydrogens is 442 g/mol. The topological polar surface area (TPSA) is 71.1 Å². The molecule has 0 aliphatic carbocycles. The molecule has 3 aromatic carbocycles. The van der Waals surface area contributed by atoms with E-state index in [0.717, 1.165) is 36.4 Å². The largest absolute Gasteiger partial charge is 0.486 e. The highest BCUT2D eigenvalue weighted by atomic mass is 16.6. The van der Waals surface area contributed by atoms with Gasteiger partial charge >= 0.3 is 0 Å². The number of anilines is 2. The van der Waals surface area contributed by atoms with Crippen molar-refractivity contribution in [3.05, 3.63) is 83.4 Å². The van der Waals surface area contributed by atoms with E-state index < -0.39 is 0 Å². The Kier molecular flexibility index (Phi) is 6.57. The van der Waals surface area contributed by atoms with Crippen LogP contribution in [0.15, 0.2) is 66.7 Å². The van der Waals surface area contributed by atoms with Crippen molar-refractivity contribution in [2.75, 3.05) is 49.6 Å². The van der Waals surface area contributed by atoms with Crippen LogP contribution < -0.4 is 19.7 Å². The maximum Gasteiger partial charge on any atom is 0.255 e. The van der Waals surface area contributed by atoms with E-state index in [2.05, 4.69) is 17.1 Å². The lowest BCUT2D eigenvalue weighted by molar-refractivity contribution is 0.0746. The monoisotopic (exact) mass is 471 g/mol. The zero-order valence-electron chi connectivity index (χ0n) is 19.8. The number of carbonyl (C=O) groups is 2. The molecule has 0 aromatic heterocycles. The van der Waals surface area contributed by atoms with Crippen molar-refractivity contribution in [3.63, 3.8) is 0 Å². The summed E-state index contributed by atoms with van der Waals surface area (Å²) in [4.78, 5) is 29.7. The maximum absolute atomic E-state index is 12.8. The van der Waals surface area contributed by atoms with Gasteiger partial charge in [-0.15, -0.1) is 0 Å². The molecular formula is C28H29N3O4. The van der Waals surface area contributed by atoms with E-state index in [1.807, 2.05) is 53.4 Å². The lowest BCUT2D eigenvalue weighted by Gasteiger charge is -2.36. The molecule has 0 bridgehead atoms. The van der Waals surface area contributed by atoms with Crippen molar-refractivity contribution in [1.29, 1.82) is 0 Å². The molecule has 35 heavy (non-hydrogen) atoms. The standard InChI is InChI=1S/C28H29N3O4/c1-2-20-3-5-21(6-4-20)28(33)31-15-13-30(14-16-31)24-10-8-23(9-11-24)29-27(32)22-7-12-25-26(19-22)35-18-17-34-25/h3-12,19H,2,13-18H2,1H3,(H,29,32). The van der Waals surface area contributed by atoms with Crippen LogP contribution in [0.25, 0.3) is 0 Å². The number of piperazine rings is 1. The van der Waals surface area contributed by atoms with Gasteiger partial charge in [-0.05, 0) is 66.6 Å². The average Bonchev–Trinajstić information content (AvgIpc) is 2.93. The molecule has 2 aliphatic heterocycles. The number of ether oxygens (including phenoxy) is 2. The van der Waals surface area contributed by atoms with Crippen molar-refractivity contribution in [2.45, 2.75) is 13.3 Å². The molecule has 0 atom stereocenters. The van der Waals surface area contributed by atoms with Crippen LogP contribution in [0.2, 0.25) is 0 Å². The number of hydrogen-bond donors (Lipinski definition) is 1. The number of hydrogen-bond acceptors (Lipinski definition) is 5. The molecule has 180 valence electrons. The summed E-state index contributed by atoms with van der Waals surface area (Å²) in [5.41, 5.74) is 4.29. The molecule has 0 unspecified atom stereocenters. The molecule has 0 saturated carbocycles. The van der Waals surface area contributed by atoms with Gasteiger partial charge in [0.1, 0.15) is 13.2 Å². The second-order valence-electron chi connectivity index (χ2n) is 8.69. The first-order valence-electron chi connectivity index (χ1n) is 12.0. The van der Waals surface area contributed by atoms with Crippen LogP contribution in [0.5, 0.6) is 11.5 Å². The van der Waals surface area contributed by atoms with Crippen LogP contribution in [-0.4, -0.2) is 56.1 Å². The molecule has 3 aromatic rings. The van der Waals surface area contributed by atoms with Crippen LogP contribution in [0.3, 0.4) is 0 Å². The Morgan fingerprint density at radius 3 is 2.14 bits per heavy atom.